The maximum absolute atomic E-state index is 12.1. The number of benzene rings is 1. The minimum Gasteiger partial charge on any atom is -0.471 e. The number of nitro benzene ring substituents is 1. The van der Waals surface area contributed by atoms with Crippen LogP contribution < -0.4 is 10.5 Å². The second-order valence-electron chi connectivity index (χ2n) is 11.0. The van der Waals surface area contributed by atoms with E-state index in [1.54, 1.807) is 6.07 Å². The number of hydrogen-bond donors (Lipinski definition) is 2. The number of nitrogens with two attached hydrogens (primary N) is 1. The highest BCUT2D eigenvalue weighted by molar-refractivity contribution is 5.83. The highest BCUT2D eigenvalue weighted by Crippen LogP contribution is 2.77. The first-order valence-corrected chi connectivity index (χ1v) is 11.5. The molecule has 4 aliphatic rings. The maximum Gasteiger partial charge on any atom is 0.314 e. The number of carbonyl (C=O) groups excluding carboxylic acids is 1. The van der Waals surface area contributed by atoms with E-state index in [2.05, 4.69) is 6.92 Å². The van der Waals surface area contributed by atoms with Crippen LogP contribution in [-0.4, -0.2) is 27.1 Å². The highest BCUT2D eigenvalue weighted by Gasteiger charge is 2.73. The minimum atomic E-state index is -1.33. The van der Waals surface area contributed by atoms with E-state index in [0.717, 1.165) is 56.1 Å². The third-order valence-corrected chi connectivity index (χ3v) is 9.77. The molecule has 7 nitrogen and oxygen atoms in total. The Morgan fingerprint density at radius 1 is 1.23 bits per heavy atom. The van der Waals surface area contributed by atoms with Crippen molar-refractivity contribution in [2.45, 2.75) is 89.3 Å². The molecule has 1 amide bonds. The average molecular weight is 429 g/mol. The van der Waals surface area contributed by atoms with Crippen molar-refractivity contribution in [3.8, 4) is 5.75 Å². The molecule has 3 fully saturated rings. The van der Waals surface area contributed by atoms with Crippen LogP contribution in [0.4, 0.5) is 5.69 Å². The molecule has 4 aliphatic carbocycles. The van der Waals surface area contributed by atoms with E-state index in [4.69, 9.17) is 10.5 Å². The number of nitrogens with zero attached hydrogens (tertiary/aromatic N) is 1. The third kappa shape index (κ3) is 2.47. The number of nitro groups is 1. The van der Waals surface area contributed by atoms with Crippen molar-refractivity contribution in [2.75, 3.05) is 0 Å². The number of carbonyl (C=O) groups is 1. The maximum atomic E-state index is 12.1. The summed E-state index contributed by atoms with van der Waals surface area (Å²) in [6.07, 6.45) is 7.32. The van der Waals surface area contributed by atoms with Crippen molar-refractivity contribution < 1.29 is 19.6 Å². The summed E-state index contributed by atoms with van der Waals surface area (Å²) in [7, 11) is 0. The Kier molecular flexibility index (Phi) is 4.16. The SMILES string of the molecule is CC(C)(Oc1ccc2c(c1[N+](=O)[O-])CC[C@@H]1[C@@H]2CC[C@]2(C)C3(O)CCC12CC3)C(N)=O. The van der Waals surface area contributed by atoms with Gasteiger partial charge in [-0.05, 0) is 94.1 Å². The standard InChI is InChI=1S/C24H32N2O5/c1-21(2,20(25)27)31-18-7-5-14-15-8-9-22(3)23(10-12-24(22,28)13-11-23)17(15)6-4-16(14)19(18)26(29)30/h5,7,15,17,28H,4,6,8-13H2,1-3H3,(H2,25,27)/t15-,17-,22+,23?,24?/m1/s1. The summed E-state index contributed by atoms with van der Waals surface area (Å²) in [4.78, 5) is 23.4. The van der Waals surface area contributed by atoms with Crippen molar-refractivity contribution >= 4 is 11.6 Å². The Balaban J connectivity index is 1.57. The first-order chi connectivity index (χ1) is 14.5. The minimum absolute atomic E-state index is 0.0227. The van der Waals surface area contributed by atoms with E-state index in [9.17, 15) is 20.0 Å². The van der Waals surface area contributed by atoms with Gasteiger partial charge in [-0.1, -0.05) is 13.0 Å². The van der Waals surface area contributed by atoms with Crippen molar-refractivity contribution in [3.05, 3.63) is 33.4 Å². The molecule has 168 valence electrons. The number of primary amides is 1. The van der Waals surface area contributed by atoms with Gasteiger partial charge in [0.2, 0.25) is 0 Å². The lowest BCUT2D eigenvalue weighted by Crippen LogP contribution is -2.51. The molecule has 0 aliphatic heterocycles. The predicted octanol–water partition coefficient (Wildman–Crippen LogP) is 3.99. The summed E-state index contributed by atoms with van der Waals surface area (Å²) >= 11 is 0. The molecular weight excluding hydrogens is 396 g/mol. The van der Waals surface area contributed by atoms with Gasteiger partial charge in [0, 0.05) is 11.0 Å². The van der Waals surface area contributed by atoms with Gasteiger partial charge in [-0.2, -0.15) is 0 Å². The van der Waals surface area contributed by atoms with Crippen LogP contribution in [-0.2, 0) is 11.2 Å². The molecular formula is C24H32N2O5. The number of hydrogen-bond acceptors (Lipinski definition) is 5. The fourth-order valence-corrected chi connectivity index (χ4v) is 7.97. The monoisotopic (exact) mass is 428 g/mol. The molecule has 0 spiro atoms. The number of ether oxygens (including phenoxy) is 1. The van der Waals surface area contributed by atoms with Gasteiger partial charge in [0.05, 0.1) is 10.5 Å². The molecule has 31 heavy (non-hydrogen) atoms. The van der Waals surface area contributed by atoms with E-state index in [0.29, 0.717) is 12.3 Å². The van der Waals surface area contributed by atoms with Crippen LogP contribution in [0.5, 0.6) is 5.75 Å². The van der Waals surface area contributed by atoms with E-state index in [1.165, 1.54) is 13.8 Å². The van der Waals surface area contributed by atoms with E-state index in [-0.39, 0.29) is 33.1 Å². The summed E-state index contributed by atoms with van der Waals surface area (Å²) < 4.78 is 5.75. The number of aliphatic hydroxyl groups is 1. The first kappa shape index (κ1) is 20.7. The molecule has 0 unspecified atom stereocenters. The second-order valence-corrected chi connectivity index (χ2v) is 11.0. The molecule has 0 heterocycles. The fourth-order valence-electron chi connectivity index (χ4n) is 7.97. The van der Waals surface area contributed by atoms with Gasteiger partial charge in [0.25, 0.3) is 5.91 Å². The lowest BCUT2D eigenvalue weighted by Gasteiger charge is -2.56. The molecule has 3 atom stereocenters. The molecule has 1 aromatic carbocycles. The largest absolute Gasteiger partial charge is 0.471 e. The van der Waals surface area contributed by atoms with Gasteiger partial charge in [-0.15, -0.1) is 0 Å². The van der Waals surface area contributed by atoms with Crippen LogP contribution in [0.1, 0.15) is 82.8 Å². The van der Waals surface area contributed by atoms with Gasteiger partial charge in [0.15, 0.2) is 11.4 Å². The van der Waals surface area contributed by atoms with Crippen molar-refractivity contribution in [3.63, 3.8) is 0 Å². The van der Waals surface area contributed by atoms with Crippen LogP contribution >= 0.6 is 0 Å². The van der Waals surface area contributed by atoms with Gasteiger partial charge < -0.3 is 15.6 Å². The summed E-state index contributed by atoms with van der Waals surface area (Å²) in [6.45, 7) is 5.35. The Bertz CT molecular complexity index is 978. The second kappa shape index (κ2) is 6.21. The summed E-state index contributed by atoms with van der Waals surface area (Å²) in [5, 5.41) is 23.4. The average Bonchev–Trinajstić information content (AvgIpc) is 3.07. The molecule has 0 aromatic heterocycles. The lowest BCUT2D eigenvalue weighted by molar-refractivity contribution is -0.387. The van der Waals surface area contributed by atoms with Crippen LogP contribution in [0.15, 0.2) is 12.1 Å². The van der Waals surface area contributed by atoms with Crippen LogP contribution in [0, 0.1) is 26.9 Å². The molecule has 2 bridgehead atoms. The topological polar surface area (TPSA) is 116 Å². The summed E-state index contributed by atoms with van der Waals surface area (Å²) in [6, 6.07) is 3.62. The zero-order valence-corrected chi connectivity index (χ0v) is 18.6. The van der Waals surface area contributed by atoms with E-state index in [1.807, 2.05) is 6.07 Å². The van der Waals surface area contributed by atoms with Crippen molar-refractivity contribution in [1.29, 1.82) is 0 Å². The number of amides is 1. The summed E-state index contributed by atoms with van der Waals surface area (Å²) in [5.74, 6) is 0.166. The molecule has 7 heteroatoms. The number of fused-ring (bicyclic) bond motifs is 3. The molecule has 5 rings (SSSR count). The fraction of sp³-hybridized carbons (Fsp3) is 0.708. The Morgan fingerprint density at radius 2 is 1.90 bits per heavy atom. The lowest BCUT2D eigenvalue weighted by atomic mass is 9.48. The molecule has 0 radical (unpaired) electrons. The molecule has 0 saturated heterocycles. The van der Waals surface area contributed by atoms with Crippen molar-refractivity contribution in [1.82, 2.24) is 0 Å². The predicted molar refractivity (Wildman–Crippen MR) is 115 cm³/mol. The van der Waals surface area contributed by atoms with Gasteiger partial charge in [-0.25, -0.2) is 0 Å². The smallest absolute Gasteiger partial charge is 0.314 e. The normalized spacial score (nSPS) is 38.2. The summed E-state index contributed by atoms with van der Waals surface area (Å²) in [5.41, 5.74) is 5.43. The molecule has 3 saturated carbocycles. The van der Waals surface area contributed by atoms with Gasteiger partial charge in [0.1, 0.15) is 0 Å². The Labute approximate surface area is 182 Å². The van der Waals surface area contributed by atoms with Gasteiger partial charge >= 0.3 is 5.69 Å². The Morgan fingerprint density at radius 3 is 2.52 bits per heavy atom. The third-order valence-electron chi connectivity index (χ3n) is 9.77. The van der Waals surface area contributed by atoms with Crippen LogP contribution in [0.3, 0.4) is 0 Å². The number of rotatable bonds is 4. The van der Waals surface area contributed by atoms with Crippen LogP contribution in [0.2, 0.25) is 0 Å². The molecule has 3 N–H and O–H groups in total. The Hall–Kier alpha value is -2.15. The zero-order valence-electron chi connectivity index (χ0n) is 18.6. The van der Waals surface area contributed by atoms with E-state index >= 15 is 0 Å². The van der Waals surface area contributed by atoms with E-state index < -0.39 is 17.1 Å². The van der Waals surface area contributed by atoms with Crippen molar-refractivity contribution in [2.24, 2.45) is 22.5 Å². The van der Waals surface area contributed by atoms with Crippen LogP contribution in [0.25, 0.3) is 0 Å². The zero-order chi connectivity index (χ0) is 22.4. The highest BCUT2D eigenvalue weighted by atomic mass is 16.6. The first-order valence-electron chi connectivity index (χ1n) is 11.5. The quantitative estimate of drug-likeness (QED) is 0.556. The molecule has 1 aromatic rings. The van der Waals surface area contributed by atoms with Gasteiger partial charge in [-0.3, -0.25) is 14.9 Å².